The first kappa shape index (κ1) is 19.2. The number of para-hydroxylation sites is 1. The van der Waals surface area contributed by atoms with Crippen molar-refractivity contribution < 1.29 is 14.3 Å². The molecule has 5 heteroatoms. The Morgan fingerprint density at radius 3 is 1.79 bits per heavy atom. The molecule has 0 aliphatic heterocycles. The number of nitrogens with zero attached hydrogens (tertiary/aromatic N) is 1. The van der Waals surface area contributed by atoms with Crippen LogP contribution in [0.1, 0.15) is 21.5 Å². The lowest BCUT2D eigenvalue weighted by Gasteiger charge is -2.23. The number of carbonyl (C=O) groups excluding carboxylic acids is 2. The first-order valence-corrected chi connectivity index (χ1v) is 9.01. The molecule has 0 radical (unpaired) electrons. The van der Waals surface area contributed by atoms with Crippen LogP contribution in [0.25, 0.3) is 0 Å². The zero-order valence-corrected chi connectivity index (χ0v) is 15.5. The standard InChI is InChI=1S/C23H22N2O3/c24-23(27)20-13-7-8-14-21(20)28-17-22(26)25(15-18-9-3-1-4-10-18)16-19-11-5-2-6-12-19/h1-14H,15-17H2,(H2,24,27). The molecule has 0 aliphatic carbocycles. The summed E-state index contributed by atoms with van der Waals surface area (Å²) in [6.45, 7) is 0.759. The molecule has 3 rings (SSSR count). The predicted molar refractivity (Wildman–Crippen MR) is 108 cm³/mol. The lowest BCUT2D eigenvalue weighted by atomic mass is 10.1. The van der Waals surface area contributed by atoms with E-state index in [2.05, 4.69) is 0 Å². The molecule has 0 fully saturated rings. The molecule has 142 valence electrons. The molecule has 0 unspecified atom stereocenters. The van der Waals surface area contributed by atoms with Crippen molar-refractivity contribution >= 4 is 11.8 Å². The van der Waals surface area contributed by atoms with E-state index in [1.54, 1.807) is 29.2 Å². The van der Waals surface area contributed by atoms with Crippen LogP contribution in [-0.2, 0) is 17.9 Å². The third kappa shape index (κ3) is 5.20. The van der Waals surface area contributed by atoms with Gasteiger partial charge in [-0.3, -0.25) is 9.59 Å². The van der Waals surface area contributed by atoms with Gasteiger partial charge in [-0.05, 0) is 23.3 Å². The Kier molecular flexibility index (Phi) is 6.41. The number of benzene rings is 3. The van der Waals surface area contributed by atoms with Crippen molar-refractivity contribution in [3.8, 4) is 5.75 Å². The van der Waals surface area contributed by atoms with E-state index >= 15 is 0 Å². The highest BCUT2D eigenvalue weighted by Crippen LogP contribution is 2.18. The maximum absolute atomic E-state index is 12.9. The van der Waals surface area contributed by atoms with Gasteiger partial charge in [0.15, 0.2) is 6.61 Å². The van der Waals surface area contributed by atoms with E-state index in [1.807, 2.05) is 60.7 Å². The van der Waals surface area contributed by atoms with Crippen molar-refractivity contribution in [1.29, 1.82) is 0 Å². The Balaban J connectivity index is 1.73. The zero-order valence-electron chi connectivity index (χ0n) is 15.5. The predicted octanol–water partition coefficient (Wildman–Crippen LogP) is 3.39. The number of amides is 2. The van der Waals surface area contributed by atoms with Crippen LogP contribution < -0.4 is 10.5 Å². The highest BCUT2D eigenvalue weighted by atomic mass is 16.5. The molecule has 3 aromatic rings. The van der Waals surface area contributed by atoms with Gasteiger partial charge in [-0.25, -0.2) is 0 Å². The second kappa shape index (κ2) is 9.37. The molecule has 0 bridgehead atoms. The third-order valence-corrected chi connectivity index (χ3v) is 4.29. The summed E-state index contributed by atoms with van der Waals surface area (Å²) in [4.78, 5) is 26.2. The van der Waals surface area contributed by atoms with Gasteiger partial charge in [0.2, 0.25) is 0 Å². The molecule has 0 atom stereocenters. The smallest absolute Gasteiger partial charge is 0.261 e. The fourth-order valence-electron chi connectivity index (χ4n) is 2.87. The quantitative estimate of drug-likeness (QED) is 0.657. The number of rotatable bonds is 8. The van der Waals surface area contributed by atoms with Gasteiger partial charge in [0.25, 0.3) is 11.8 Å². The molecular formula is C23H22N2O3. The van der Waals surface area contributed by atoms with Gasteiger partial charge in [-0.2, -0.15) is 0 Å². The molecular weight excluding hydrogens is 352 g/mol. The molecule has 5 nitrogen and oxygen atoms in total. The van der Waals surface area contributed by atoms with Gasteiger partial charge in [0.05, 0.1) is 5.56 Å². The summed E-state index contributed by atoms with van der Waals surface area (Å²) in [5, 5.41) is 0. The Labute approximate surface area is 164 Å². The van der Waals surface area contributed by atoms with Crippen molar-refractivity contribution in [2.24, 2.45) is 5.73 Å². The number of primary amides is 1. The first-order valence-electron chi connectivity index (χ1n) is 9.01. The molecule has 0 heterocycles. The molecule has 0 saturated heterocycles. The van der Waals surface area contributed by atoms with E-state index in [1.165, 1.54) is 0 Å². The van der Waals surface area contributed by atoms with Crippen molar-refractivity contribution in [3.63, 3.8) is 0 Å². The molecule has 28 heavy (non-hydrogen) atoms. The molecule has 0 saturated carbocycles. The molecule has 0 aliphatic rings. The summed E-state index contributed by atoms with van der Waals surface area (Å²) >= 11 is 0. The van der Waals surface area contributed by atoms with Crippen molar-refractivity contribution in [2.75, 3.05) is 6.61 Å². The van der Waals surface area contributed by atoms with Gasteiger partial charge in [-0.1, -0.05) is 72.8 Å². The average molecular weight is 374 g/mol. The van der Waals surface area contributed by atoms with Gasteiger partial charge in [0, 0.05) is 13.1 Å². The Bertz CT molecular complexity index is 885. The van der Waals surface area contributed by atoms with Crippen LogP contribution in [0.15, 0.2) is 84.9 Å². The molecule has 3 aromatic carbocycles. The summed E-state index contributed by atoms with van der Waals surface area (Å²) in [7, 11) is 0. The molecule has 0 spiro atoms. The van der Waals surface area contributed by atoms with Gasteiger partial charge in [0.1, 0.15) is 5.75 Å². The van der Waals surface area contributed by atoms with Crippen molar-refractivity contribution in [2.45, 2.75) is 13.1 Å². The van der Waals surface area contributed by atoms with Gasteiger partial charge >= 0.3 is 0 Å². The molecule has 0 aromatic heterocycles. The van der Waals surface area contributed by atoms with Crippen LogP contribution in [0.4, 0.5) is 0 Å². The summed E-state index contributed by atoms with van der Waals surface area (Å²) < 4.78 is 5.62. The van der Waals surface area contributed by atoms with Crippen LogP contribution in [0.5, 0.6) is 5.75 Å². The highest BCUT2D eigenvalue weighted by molar-refractivity contribution is 5.95. The van der Waals surface area contributed by atoms with E-state index < -0.39 is 5.91 Å². The zero-order chi connectivity index (χ0) is 19.8. The van der Waals surface area contributed by atoms with Crippen LogP contribution >= 0.6 is 0 Å². The number of carbonyl (C=O) groups is 2. The van der Waals surface area contributed by atoms with Crippen LogP contribution in [0.2, 0.25) is 0 Å². The lowest BCUT2D eigenvalue weighted by molar-refractivity contribution is -0.134. The second-order valence-corrected chi connectivity index (χ2v) is 6.37. The second-order valence-electron chi connectivity index (χ2n) is 6.37. The van der Waals surface area contributed by atoms with E-state index in [4.69, 9.17) is 10.5 Å². The van der Waals surface area contributed by atoms with E-state index in [0.29, 0.717) is 18.8 Å². The van der Waals surface area contributed by atoms with Crippen molar-refractivity contribution in [1.82, 2.24) is 4.90 Å². The summed E-state index contributed by atoms with van der Waals surface area (Å²) in [6, 6.07) is 26.2. The van der Waals surface area contributed by atoms with Crippen LogP contribution in [-0.4, -0.2) is 23.3 Å². The number of ether oxygens (including phenoxy) is 1. The van der Waals surface area contributed by atoms with E-state index in [0.717, 1.165) is 11.1 Å². The topological polar surface area (TPSA) is 72.6 Å². The summed E-state index contributed by atoms with van der Waals surface area (Å²) in [6.07, 6.45) is 0. The monoisotopic (exact) mass is 374 g/mol. The maximum atomic E-state index is 12.9. The van der Waals surface area contributed by atoms with E-state index in [-0.39, 0.29) is 18.1 Å². The Morgan fingerprint density at radius 1 is 0.750 bits per heavy atom. The summed E-state index contributed by atoms with van der Waals surface area (Å²) in [5.41, 5.74) is 7.69. The number of hydrogen-bond donors (Lipinski definition) is 1. The fourth-order valence-corrected chi connectivity index (χ4v) is 2.87. The first-order chi connectivity index (χ1) is 13.6. The van der Waals surface area contributed by atoms with Crippen molar-refractivity contribution in [3.05, 3.63) is 102 Å². The van der Waals surface area contributed by atoms with Crippen LogP contribution in [0, 0.1) is 0 Å². The minimum atomic E-state index is -0.589. The van der Waals surface area contributed by atoms with Crippen LogP contribution in [0.3, 0.4) is 0 Å². The average Bonchev–Trinajstić information content (AvgIpc) is 2.73. The van der Waals surface area contributed by atoms with E-state index in [9.17, 15) is 9.59 Å². The van der Waals surface area contributed by atoms with Gasteiger partial charge < -0.3 is 15.4 Å². The maximum Gasteiger partial charge on any atom is 0.261 e. The minimum absolute atomic E-state index is 0.174. The largest absolute Gasteiger partial charge is 0.483 e. The number of hydrogen-bond acceptors (Lipinski definition) is 3. The Hall–Kier alpha value is -3.60. The number of nitrogens with two attached hydrogens (primary N) is 1. The summed E-state index contributed by atoms with van der Waals surface area (Å²) in [5.74, 6) is -0.455. The lowest BCUT2D eigenvalue weighted by Crippen LogP contribution is -2.34. The molecule has 2 amide bonds. The fraction of sp³-hybridized carbons (Fsp3) is 0.130. The molecule has 2 N–H and O–H groups in total. The highest BCUT2D eigenvalue weighted by Gasteiger charge is 2.17. The van der Waals surface area contributed by atoms with Gasteiger partial charge in [-0.15, -0.1) is 0 Å². The third-order valence-electron chi connectivity index (χ3n) is 4.29. The normalized spacial score (nSPS) is 10.3. The minimum Gasteiger partial charge on any atom is -0.483 e. The SMILES string of the molecule is NC(=O)c1ccccc1OCC(=O)N(Cc1ccccc1)Cc1ccccc1. The Morgan fingerprint density at radius 2 is 1.25 bits per heavy atom.